The number of carbonyl (C=O) groups excluding carboxylic acids is 1. The minimum atomic E-state index is -0.115. The van der Waals surface area contributed by atoms with E-state index >= 15 is 0 Å². The van der Waals surface area contributed by atoms with Gasteiger partial charge in [-0.05, 0) is 47.2 Å². The number of likely N-dealkylation sites (N-methyl/N-ethyl adjacent to an activating group) is 1. The molecular formula is C16H25BrN2O3. The Hall–Kier alpha value is -1.11. The van der Waals surface area contributed by atoms with Gasteiger partial charge in [-0.25, -0.2) is 0 Å². The molecule has 0 radical (unpaired) electrons. The van der Waals surface area contributed by atoms with E-state index in [0.717, 1.165) is 24.1 Å². The zero-order valence-electron chi connectivity index (χ0n) is 13.5. The van der Waals surface area contributed by atoms with Crippen molar-refractivity contribution in [1.29, 1.82) is 0 Å². The summed E-state index contributed by atoms with van der Waals surface area (Å²) in [5.74, 6) is 0.590. The Kier molecular flexibility index (Phi) is 9.11. The molecule has 1 aromatic rings. The summed E-state index contributed by atoms with van der Waals surface area (Å²) in [6.45, 7) is 8.96. The van der Waals surface area contributed by atoms with Crippen molar-refractivity contribution in [2.24, 2.45) is 0 Å². The van der Waals surface area contributed by atoms with Gasteiger partial charge in [-0.2, -0.15) is 0 Å². The highest BCUT2D eigenvalue weighted by molar-refractivity contribution is 9.10. The summed E-state index contributed by atoms with van der Waals surface area (Å²) in [5.41, 5.74) is 0.593. The molecule has 0 unspecified atom stereocenters. The fourth-order valence-electron chi connectivity index (χ4n) is 1.98. The fourth-order valence-corrected chi connectivity index (χ4v) is 2.52. The molecule has 6 heteroatoms. The molecule has 0 heterocycles. The molecule has 0 spiro atoms. The van der Waals surface area contributed by atoms with Crippen LogP contribution in [0.3, 0.4) is 0 Å². The summed E-state index contributed by atoms with van der Waals surface area (Å²) in [6.07, 6.45) is 0. The van der Waals surface area contributed by atoms with E-state index in [-0.39, 0.29) is 5.91 Å². The highest BCUT2D eigenvalue weighted by atomic mass is 79.9. The van der Waals surface area contributed by atoms with Gasteiger partial charge in [0.05, 0.1) is 24.8 Å². The van der Waals surface area contributed by atoms with Gasteiger partial charge < -0.3 is 19.7 Å². The predicted molar refractivity (Wildman–Crippen MR) is 91.6 cm³/mol. The van der Waals surface area contributed by atoms with E-state index in [1.807, 2.05) is 0 Å². The third kappa shape index (κ3) is 6.34. The second kappa shape index (κ2) is 10.6. The molecule has 0 aromatic heterocycles. The monoisotopic (exact) mass is 372 g/mol. The van der Waals surface area contributed by atoms with Crippen LogP contribution in [-0.4, -0.2) is 57.3 Å². The van der Waals surface area contributed by atoms with Crippen LogP contribution in [0.25, 0.3) is 0 Å². The molecule has 0 bridgehead atoms. The minimum Gasteiger partial charge on any atom is -0.496 e. The molecule has 22 heavy (non-hydrogen) atoms. The molecule has 0 atom stereocenters. The van der Waals surface area contributed by atoms with Gasteiger partial charge >= 0.3 is 0 Å². The maximum atomic E-state index is 12.0. The van der Waals surface area contributed by atoms with Crippen LogP contribution in [-0.2, 0) is 4.74 Å². The lowest BCUT2D eigenvalue weighted by molar-refractivity contribution is 0.0884. The van der Waals surface area contributed by atoms with Crippen LogP contribution in [0.5, 0.6) is 5.75 Å². The number of ether oxygens (including phenoxy) is 2. The Morgan fingerprint density at radius 1 is 1.27 bits per heavy atom. The zero-order chi connectivity index (χ0) is 16.4. The first-order valence-electron chi connectivity index (χ1n) is 7.54. The lowest BCUT2D eigenvalue weighted by Crippen LogP contribution is -2.30. The lowest BCUT2D eigenvalue weighted by atomic mass is 10.2. The first kappa shape index (κ1) is 18.9. The minimum absolute atomic E-state index is 0.115. The van der Waals surface area contributed by atoms with Crippen LogP contribution in [0.1, 0.15) is 24.2 Å². The summed E-state index contributed by atoms with van der Waals surface area (Å²) < 4.78 is 11.4. The van der Waals surface area contributed by atoms with E-state index in [2.05, 4.69) is 40.0 Å². The number of nitrogens with one attached hydrogen (secondary N) is 1. The Balaban J connectivity index is 2.25. The lowest BCUT2D eigenvalue weighted by Gasteiger charge is -2.17. The van der Waals surface area contributed by atoms with Crippen LogP contribution < -0.4 is 10.1 Å². The standard InChI is InChI=1S/C16H25BrN2O3/c1-4-19(5-2)9-11-22-10-8-18-16(20)13-6-7-15(21-3)14(17)12-13/h6-7,12H,4-5,8-11H2,1-3H3,(H,18,20). The van der Waals surface area contributed by atoms with Gasteiger partial charge in [-0.3, -0.25) is 4.79 Å². The average molecular weight is 373 g/mol. The molecule has 1 aromatic carbocycles. The predicted octanol–water partition coefficient (Wildman–Crippen LogP) is 2.55. The Morgan fingerprint density at radius 2 is 2.00 bits per heavy atom. The van der Waals surface area contributed by atoms with Gasteiger partial charge in [0.1, 0.15) is 5.75 Å². The van der Waals surface area contributed by atoms with E-state index in [4.69, 9.17) is 9.47 Å². The van der Waals surface area contributed by atoms with E-state index < -0.39 is 0 Å². The highest BCUT2D eigenvalue weighted by Gasteiger charge is 2.08. The normalized spacial score (nSPS) is 10.8. The van der Waals surface area contributed by atoms with Crippen LogP contribution in [0.4, 0.5) is 0 Å². The number of methoxy groups -OCH3 is 1. The van der Waals surface area contributed by atoms with Crippen molar-refractivity contribution < 1.29 is 14.3 Å². The molecule has 0 saturated heterocycles. The zero-order valence-corrected chi connectivity index (χ0v) is 15.1. The van der Waals surface area contributed by atoms with E-state index in [1.165, 1.54) is 0 Å². The summed E-state index contributed by atoms with van der Waals surface area (Å²) in [6, 6.07) is 5.25. The van der Waals surface area contributed by atoms with Crippen molar-refractivity contribution in [3.05, 3.63) is 28.2 Å². The molecule has 1 amide bonds. The SMILES string of the molecule is CCN(CC)CCOCCNC(=O)c1ccc(OC)c(Br)c1. The number of amides is 1. The van der Waals surface area contributed by atoms with E-state index in [1.54, 1.807) is 25.3 Å². The second-order valence-corrected chi connectivity index (χ2v) is 5.60. The molecule has 124 valence electrons. The van der Waals surface area contributed by atoms with Gasteiger partial charge in [0, 0.05) is 18.7 Å². The van der Waals surface area contributed by atoms with Crippen LogP contribution >= 0.6 is 15.9 Å². The summed E-state index contributed by atoms with van der Waals surface area (Å²) in [7, 11) is 1.59. The van der Waals surface area contributed by atoms with Crippen LogP contribution in [0, 0.1) is 0 Å². The third-order valence-electron chi connectivity index (χ3n) is 3.39. The third-order valence-corrected chi connectivity index (χ3v) is 4.01. The first-order valence-corrected chi connectivity index (χ1v) is 8.33. The molecule has 0 aliphatic carbocycles. The van der Waals surface area contributed by atoms with Crippen LogP contribution in [0.2, 0.25) is 0 Å². The maximum Gasteiger partial charge on any atom is 0.251 e. The number of carbonyl (C=O) groups is 1. The largest absolute Gasteiger partial charge is 0.496 e. The van der Waals surface area contributed by atoms with Gasteiger partial charge in [-0.1, -0.05) is 13.8 Å². The number of rotatable bonds is 10. The smallest absolute Gasteiger partial charge is 0.251 e. The summed E-state index contributed by atoms with van der Waals surface area (Å²) in [4.78, 5) is 14.3. The Labute approximate surface area is 141 Å². The Morgan fingerprint density at radius 3 is 2.59 bits per heavy atom. The maximum absolute atomic E-state index is 12.0. The second-order valence-electron chi connectivity index (χ2n) is 4.74. The molecule has 5 nitrogen and oxygen atoms in total. The number of halogens is 1. The first-order chi connectivity index (χ1) is 10.6. The number of hydrogen-bond acceptors (Lipinski definition) is 4. The Bertz CT molecular complexity index is 465. The molecule has 0 aliphatic heterocycles. The van der Waals surface area contributed by atoms with Crippen LogP contribution in [0.15, 0.2) is 22.7 Å². The number of nitrogens with zero attached hydrogens (tertiary/aromatic N) is 1. The summed E-state index contributed by atoms with van der Waals surface area (Å²) >= 11 is 3.37. The van der Waals surface area contributed by atoms with Gasteiger partial charge in [0.2, 0.25) is 0 Å². The quantitative estimate of drug-likeness (QED) is 0.641. The molecule has 0 fully saturated rings. The molecule has 0 aliphatic rings. The number of hydrogen-bond donors (Lipinski definition) is 1. The fraction of sp³-hybridized carbons (Fsp3) is 0.562. The van der Waals surface area contributed by atoms with Crippen molar-refractivity contribution in [3.63, 3.8) is 0 Å². The van der Waals surface area contributed by atoms with Crippen molar-refractivity contribution in [3.8, 4) is 5.75 Å². The van der Waals surface area contributed by atoms with Crippen molar-refractivity contribution in [2.45, 2.75) is 13.8 Å². The van der Waals surface area contributed by atoms with Gasteiger partial charge in [0.25, 0.3) is 5.91 Å². The molecule has 1 N–H and O–H groups in total. The molecule has 0 saturated carbocycles. The van der Waals surface area contributed by atoms with Gasteiger partial charge in [0.15, 0.2) is 0 Å². The highest BCUT2D eigenvalue weighted by Crippen LogP contribution is 2.25. The topological polar surface area (TPSA) is 50.8 Å². The van der Waals surface area contributed by atoms with Crippen molar-refractivity contribution >= 4 is 21.8 Å². The average Bonchev–Trinajstić information content (AvgIpc) is 2.54. The number of benzene rings is 1. The van der Waals surface area contributed by atoms with Gasteiger partial charge in [-0.15, -0.1) is 0 Å². The van der Waals surface area contributed by atoms with E-state index in [0.29, 0.717) is 31.1 Å². The summed E-state index contributed by atoms with van der Waals surface area (Å²) in [5, 5.41) is 2.84. The van der Waals surface area contributed by atoms with Crippen molar-refractivity contribution in [2.75, 3.05) is 46.5 Å². The van der Waals surface area contributed by atoms with E-state index in [9.17, 15) is 4.79 Å². The molecular weight excluding hydrogens is 348 g/mol. The van der Waals surface area contributed by atoms with Crippen molar-refractivity contribution in [1.82, 2.24) is 10.2 Å². The molecule has 1 rings (SSSR count).